The van der Waals surface area contributed by atoms with Gasteiger partial charge in [-0.2, -0.15) is 0 Å². The van der Waals surface area contributed by atoms with Crippen molar-refractivity contribution < 1.29 is 14.6 Å². The molecule has 5 rings (SSSR count). The lowest BCUT2D eigenvalue weighted by atomic mass is 9.96. The standard InChI is InChI=1S/C29H28N4O3S/c1-17-8-9-20(28(34)35)16-25(17)32-18(2)15-23(19(32)3)27-26(24-7-5-6-14-30-24)31-29(37)33(27)21-10-12-22(36-4)13-11-21/h5-16,26-27H,1-4H3,(H,31,37)(H,34,35)/t26-,27-/m1/s1. The molecule has 0 unspecified atom stereocenters. The van der Waals surface area contributed by atoms with Crippen LogP contribution in [-0.2, 0) is 0 Å². The molecule has 0 saturated carbocycles. The van der Waals surface area contributed by atoms with Gasteiger partial charge in [-0.1, -0.05) is 12.1 Å². The van der Waals surface area contributed by atoms with Crippen molar-refractivity contribution >= 4 is 29.0 Å². The highest BCUT2D eigenvalue weighted by atomic mass is 32.1. The second kappa shape index (κ2) is 9.71. The summed E-state index contributed by atoms with van der Waals surface area (Å²) in [5, 5.41) is 13.7. The average molecular weight is 513 g/mol. The first-order chi connectivity index (χ1) is 17.8. The van der Waals surface area contributed by atoms with Gasteiger partial charge in [0.1, 0.15) is 5.75 Å². The maximum Gasteiger partial charge on any atom is 0.335 e. The molecular weight excluding hydrogens is 484 g/mol. The zero-order valence-electron chi connectivity index (χ0n) is 21.1. The third-order valence-electron chi connectivity index (χ3n) is 6.93. The van der Waals surface area contributed by atoms with Crippen LogP contribution in [-0.4, -0.2) is 32.8 Å². The van der Waals surface area contributed by atoms with Crippen molar-refractivity contribution in [3.63, 3.8) is 0 Å². The number of carboxylic acids is 1. The lowest BCUT2D eigenvalue weighted by molar-refractivity contribution is 0.0697. The van der Waals surface area contributed by atoms with Crippen LogP contribution in [0.1, 0.15) is 50.7 Å². The van der Waals surface area contributed by atoms with E-state index in [0.29, 0.717) is 5.11 Å². The molecule has 37 heavy (non-hydrogen) atoms. The van der Waals surface area contributed by atoms with Gasteiger partial charge in [0, 0.05) is 29.0 Å². The van der Waals surface area contributed by atoms with Crippen LogP contribution < -0.4 is 15.0 Å². The van der Waals surface area contributed by atoms with E-state index in [1.54, 1.807) is 25.4 Å². The Labute approximate surface area is 221 Å². The van der Waals surface area contributed by atoms with E-state index in [9.17, 15) is 9.90 Å². The molecule has 3 heterocycles. The summed E-state index contributed by atoms with van der Waals surface area (Å²) in [7, 11) is 1.65. The number of carbonyl (C=O) groups is 1. The molecular formula is C29H28N4O3S. The predicted octanol–water partition coefficient (Wildman–Crippen LogP) is 5.68. The van der Waals surface area contributed by atoms with E-state index in [0.717, 1.165) is 45.3 Å². The van der Waals surface area contributed by atoms with Crippen LogP contribution in [0.25, 0.3) is 5.69 Å². The Bertz CT molecular complexity index is 1480. The first kappa shape index (κ1) is 24.5. The molecule has 2 aromatic heterocycles. The number of methoxy groups -OCH3 is 1. The fourth-order valence-electron chi connectivity index (χ4n) is 5.13. The Morgan fingerprint density at radius 1 is 1.05 bits per heavy atom. The molecule has 2 atom stereocenters. The number of nitrogens with one attached hydrogen (secondary N) is 1. The van der Waals surface area contributed by atoms with Crippen molar-refractivity contribution in [2.45, 2.75) is 32.9 Å². The van der Waals surface area contributed by atoms with Crippen molar-refractivity contribution in [1.29, 1.82) is 0 Å². The second-order valence-electron chi connectivity index (χ2n) is 9.16. The monoisotopic (exact) mass is 512 g/mol. The van der Waals surface area contributed by atoms with Gasteiger partial charge in [-0.25, -0.2) is 4.79 Å². The quantitative estimate of drug-likeness (QED) is 0.322. The van der Waals surface area contributed by atoms with Crippen molar-refractivity contribution in [1.82, 2.24) is 14.9 Å². The van der Waals surface area contributed by atoms with E-state index in [1.165, 1.54) is 0 Å². The lowest BCUT2D eigenvalue weighted by Gasteiger charge is -2.28. The van der Waals surface area contributed by atoms with E-state index in [-0.39, 0.29) is 17.6 Å². The highest BCUT2D eigenvalue weighted by Crippen LogP contribution is 2.44. The lowest BCUT2D eigenvalue weighted by Crippen LogP contribution is -2.29. The van der Waals surface area contributed by atoms with Gasteiger partial charge in [0.25, 0.3) is 0 Å². The Morgan fingerprint density at radius 3 is 2.46 bits per heavy atom. The number of aromatic nitrogens is 2. The van der Waals surface area contributed by atoms with E-state index in [1.807, 2.05) is 62.4 Å². The minimum atomic E-state index is -0.949. The fourth-order valence-corrected chi connectivity index (χ4v) is 5.48. The number of pyridine rings is 1. The topological polar surface area (TPSA) is 79.6 Å². The Balaban J connectivity index is 1.68. The van der Waals surface area contributed by atoms with E-state index < -0.39 is 5.97 Å². The number of thiocarbonyl (C=S) groups is 1. The molecule has 188 valence electrons. The molecule has 1 saturated heterocycles. The van der Waals surface area contributed by atoms with Crippen LogP contribution in [0.4, 0.5) is 5.69 Å². The van der Waals surface area contributed by atoms with Crippen molar-refractivity contribution in [2.75, 3.05) is 12.0 Å². The Morgan fingerprint density at radius 2 is 1.81 bits per heavy atom. The summed E-state index contributed by atoms with van der Waals surface area (Å²) in [6.45, 7) is 6.10. The van der Waals surface area contributed by atoms with Gasteiger partial charge in [0.05, 0.1) is 30.5 Å². The van der Waals surface area contributed by atoms with Crippen molar-refractivity contribution in [3.8, 4) is 11.4 Å². The number of benzene rings is 2. The predicted molar refractivity (Wildman–Crippen MR) is 148 cm³/mol. The Kier molecular flexibility index (Phi) is 6.43. The van der Waals surface area contributed by atoms with E-state index in [2.05, 4.69) is 32.8 Å². The van der Waals surface area contributed by atoms with Crippen LogP contribution in [0.15, 0.2) is 72.9 Å². The van der Waals surface area contributed by atoms with Gasteiger partial charge in [-0.3, -0.25) is 4.98 Å². The van der Waals surface area contributed by atoms with Crippen LogP contribution in [0.2, 0.25) is 0 Å². The molecule has 0 bridgehead atoms. The van der Waals surface area contributed by atoms with Crippen molar-refractivity contribution in [3.05, 3.63) is 107 Å². The summed E-state index contributed by atoms with van der Waals surface area (Å²) < 4.78 is 7.49. The number of hydrogen-bond donors (Lipinski definition) is 2. The maximum absolute atomic E-state index is 11.7. The number of aromatic carboxylic acids is 1. The van der Waals surface area contributed by atoms with Gasteiger partial charge in [0.15, 0.2) is 5.11 Å². The summed E-state index contributed by atoms with van der Waals surface area (Å²) in [5.74, 6) is -0.179. The number of rotatable bonds is 6. The smallest absolute Gasteiger partial charge is 0.335 e. The molecule has 0 aliphatic carbocycles. The second-order valence-corrected chi connectivity index (χ2v) is 9.55. The molecule has 0 radical (unpaired) electrons. The first-order valence-corrected chi connectivity index (χ1v) is 12.4. The summed E-state index contributed by atoms with van der Waals surface area (Å²) >= 11 is 5.86. The molecule has 0 spiro atoms. The SMILES string of the molecule is COc1ccc(N2C(=S)N[C@H](c3ccccn3)[C@H]2c2cc(C)n(-c3cc(C(=O)O)ccc3C)c2C)cc1. The summed E-state index contributed by atoms with van der Waals surface area (Å²) in [4.78, 5) is 18.5. The van der Waals surface area contributed by atoms with Gasteiger partial charge in [-0.05, 0) is 98.7 Å². The molecule has 1 aliphatic rings. The fraction of sp³-hybridized carbons (Fsp3) is 0.207. The minimum absolute atomic E-state index is 0.182. The number of carboxylic acid groups (broad SMARTS) is 1. The van der Waals surface area contributed by atoms with Gasteiger partial charge in [-0.15, -0.1) is 0 Å². The minimum Gasteiger partial charge on any atom is -0.497 e. The van der Waals surface area contributed by atoms with Crippen LogP contribution in [0.5, 0.6) is 5.75 Å². The number of anilines is 1. The number of aryl methyl sites for hydroxylation is 2. The maximum atomic E-state index is 11.7. The zero-order chi connectivity index (χ0) is 26.3. The summed E-state index contributed by atoms with van der Waals surface area (Å²) in [6, 6.07) is 20.7. The summed E-state index contributed by atoms with van der Waals surface area (Å²) in [5.41, 5.74) is 7.02. The molecule has 2 aromatic carbocycles. The normalized spacial score (nSPS) is 17.1. The van der Waals surface area contributed by atoms with Gasteiger partial charge in [0.2, 0.25) is 0 Å². The molecule has 0 amide bonds. The van der Waals surface area contributed by atoms with Crippen molar-refractivity contribution in [2.24, 2.45) is 0 Å². The molecule has 2 N–H and O–H groups in total. The van der Waals surface area contributed by atoms with Crippen LogP contribution in [0, 0.1) is 20.8 Å². The van der Waals surface area contributed by atoms with E-state index >= 15 is 0 Å². The molecule has 8 heteroatoms. The number of ether oxygens (including phenoxy) is 1. The third-order valence-corrected chi connectivity index (χ3v) is 7.25. The molecule has 7 nitrogen and oxygen atoms in total. The highest BCUT2D eigenvalue weighted by Gasteiger charge is 2.42. The largest absolute Gasteiger partial charge is 0.497 e. The Hall–Kier alpha value is -4.17. The first-order valence-electron chi connectivity index (χ1n) is 12.0. The van der Waals surface area contributed by atoms with Crippen LogP contribution >= 0.6 is 12.2 Å². The van der Waals surface area contributed by atoms with Gasteiger partial charge >= 0.3 is 5.97 Å². The molecule has 1 aliphatic heterocycles. The summed E-state index contributed by atoms with van der Waals surface area (Å²) in [6.07, 6.45) is 1.79. The number of nitrogens with zero attached hydrogens (tertiary/aromatic N) is 3. The van der Waals surface area contributed by atoms with Crippen LogP contribution in [0.3, 0.4) is 0 Å². The number of hydrogen-bond acceptors (Lipinski definition) is 4. The average Bonchev–Trinajstić information content (AvgIpc) is 3.39. The molecule has 4 aromatic rings. The molecule has 1 fully saturated rings. The van der Waals surface area contributed by atoms with Gasteiger partial charge < -0.3 is 24.6 Å². The zero-order valence-corrected chi connectivity index (χ0v) is 21.9. The third kappa shape index (κ3) is 4.34. The van der Waals surface area contributed by atoms with E-state index in [4.69, 9.17) is 17.0 Å². The highest BCUT2D eigenvalue weighted by molar-refractivity contribution is 7.80.